The summed E-state index contributed by atoms with van der Waals surface area (Å²) in [5.41, 5.74) is 2.13. The summed E-state index contributed by atoms with van der Waals surface area (Å²) >= 11 is 0. The first-order valence-corrected chi connectivity index (χ1v) is 10.4. The van der Waals surface area contributed by atoms with Crippen LogP contribution in [-0.2, 0) is 33.4 Å². The minimum absolute atomic E-state index is 0.0454. The van der Waals surface area contributed by atoms with E-state index >= 15 is 0 Å². The zero-order valence-electron chi connectivity index (χ0n) is 18.7. The number of aryl methyl sites for hydroxylation is 1. The molecule has 2 N–H and O–H groups in total. The van der Waals surface area contributed by atoms with Crippen molar-refractivity contribution in [3.63, 3.8) is 0 Å². The van der Waals surface area contributed by atoms with Gasteiger partial charge in [-0.25, -0.2) is 0 Å². The Morgan fingerprint density at radius 1 is 1.28 bits per heavy atom. The van der Waals surface area contributed by atoms with Crippen LogP contribution in [0.1, 0.15) is 24.0 Å². The molecule has 2 aliphatic heterocycles. The largest absolute Gasteiger partial charge is 0.493 e. The number of carbonyl (C=O) groups is 2. The van der Waals surface area contributed by atoms with E-state index < -0.39 is 0 Å². The molecule has 3 heterocycles. The van der Waals surface area contributed by atoms with E-state index in [2.05, 4.69) is 27.4 Å². The normalized spacial score (nSPS) is 17.0. The van der Waals surface area contributed by atoms with Crippen molar-refractivity contribution in [1.82, 2.24) is 14.7 Å². The predicted molar refractivity (Wildman–Crippen MR) is 117 cm³/mol. The molecule has 10 heteroatoms. The molecule has 10 nitrogen and oxygen atoms in total. The number of hydrogen-bond acceptors (Lipinski definition) is 7. The van der Waals surface area contributed by atoms with Crippen LogP contribution in [0.2, 0.25) is 0 Å². The number of piperidine rings is 1. The van der Waals surface area contributed by atoms with E-state index in [0.29, 0.717) is 19.0 Å². The Morgan fingerprint density at radius 3 is 2.53 bits per heavy atom. The third-order valence-corrected chi connectivity index (χ3v) is 5.86. The van der Waals surface area contributed by atoms with Crippen LogP contribution < -0.4 is 14.8 Å². The third-order valence-electron chi connectivity index (χ3n) is 5.86. The molecule has 1 amide bonds. The van der Waals surface area contributed by atoms with Crippen LogP contribution in [0.3, 0.4) is 0 Å². The Bertz CT molecular complexity index is 936. The second-order valence-electron chi connectivity index (χ2n) is 7.76. The lowest BCUT2D eigenvalue weighted by Crippen LogP contribution is -2.48. The van der Waals surface area contributed by atoms with Crippen molar-refractivity contribution in [2.45, 2.75) is 24.9 Å². The van der Waals surface area contributed by atoms with Gasteiger partial charge in [0.1, 0.15) is 0 Å². The minimum Gasteiger partial charge on any atom is -0.493 e. The van der Waals surface area contributed by atoms with Gasteiger partial charge in [0.25, 0.3) is 6.47 Å². The molecule has 1 aromatic heterocycles. The maximum atomic E-state index is 12.3. The molecule has 0 unspecified atom stereocenters. The van der Waals surface area contributed by atoms with Gasteiger partial charge in [0.15, 0.2) is 17.3 Å². The topological polar surface area (TPSA) is 115 Å². The number of amides is 1. The molecule has 174 valence electrons. The molecule has 0 bridgehead atoms. The quantitative estimate of drug-likeness (QED) is 0.666. The van der Waals surface area contributed by atoms with Gasteiger partial charge in [0.05, 0.1) is 33.0 Å². The number of likely N-dealkylation sites (tertiary alicyclic amines) is 1. The summed E-state index contributed by atoms with van der Waals surface area (Å²) in [6.45, 7) is 2.39. The highest BCUT2D eigenvalue weighted by Crippen LogP contribution is 2.45. The first-order chi connectivity index (χ1) is 15.4. The molecule has 0 atom stereocenters. The number of fused-ring (bicyclic) bond motifs is 2. The maximum Gasteiger partial charge on any atom is 0.290 e. The van der Waals surface area contributed by atoms with Crippen molar-refractivity contribution in [2.24, 2.45) is 7.05 Å². The average Bonchev–Trinajstić information content (AvgIpc) is 3.19. The van der Waals surface area contributed by atoms with Gasteiger partial charge in [0.2, 0.25) is 5.91 Å². The highest BCUT2D eigenvalue weighted by molar-refractivity contribution is 5.91. The standard InChI is InChI=1S/C21H28N4O4.CH2O2/c1-24-8-4-19(23-24)22-20(26)14-25-9-6-21(7-10-25)16-13-18(28-3)17(27-2)12-15(16)5-11-29-21;2-1-3/h4,8,12-13H,5-7,9-11,14H2,1-3H3,(H,22,23,26);1H,(H,2,3). The van der Waals surface area contributed by atoms with Gasteiger partial charge in [-0.15, -0.1) is 0 Å². The van der Waals surface area contributed by atoms with Crippen LogP contribution in [-0.4, -0.2) is 72.6 Å². The number of carbonyl (C=O) groups excluding carboxylic acids is 1. The van der Waals surface area contributed by atoms with Crippen molar-refractivity contribution in [3.05, 3.63) is 35.5 Å². The van der Waals surface area contributed by atoms with Crippen molar-refractivity contribution < 1.29 is 28.9 Å². The molecule has 4 rings (SSSR count). The number of nitrogens with zero attached hydrogens (tertiary/aromatic N) is 3. The lowest BCUT2D eigenvalue weighted by Gasteiger charge is -2.45. The van der Waals surface area contributed by atoms with Crippen LogP contribution in [0.4, 0.5) is 5.82 Å². The van der Waals surface area contributed by atoms with Gasteiger partial charge in [-0.2, -0.15) is 5.10 Å². The van der Waals surface area contributed by atoms with Crippen LogP contribution in [0.5, 0.6) is 11.5 Å². The van der Waals surface area contributed by atoms with Gasteiger partial charge < -0.3 is 24.6 Å². The van der Waals surface area contributed by atoms with Crippen molar-refractivity contribution in [2.75, 3.05) is 45.8 Å². The molecule has 0 radical (unpaired) electrons. The van der Waals surface area contributed by atoms with Crippen LogP contribution in [0, 0.1) is 0 Å². The van der Waals surface area contributed by atoms with Gasteiger partial charge >= 0.3 is 0 Å². The Labute approximate surface area is 187 Å². The highest BCUT2D eigenvalue weighted by atomic mass is 16.5. The molecule has 32 heavy (non-hydrogen) atoms. The molecule has 1 aromatic carbocycles. The van der Waals surface area contributed by atoms with E-state index in [1.807, 2.05) is 7.05 Å². The van der Waals surface area contributed by atoms with Gasteiger partial charge in [-0.05, 0) is 42.5 Å². The molecule has 2 aliphatic rings. The first-order valence-electron chi connectivity index (χ1n) is 10.4. The second-order valence-corrected chi connectivity index (χ2v) is 7.76. The van der Waals surface area contributed by atoms with E-state index in [-0.39, 0.29) is 18.0 Å². The summed E-state index contributed by atoms with van der Waals surface area (Å²) in [6.07, 6.45) is 4.35. The highest BCUT2D eigenvalue weighted by Gasteiger charge is 2.41. The summed E-state index contributed by atoms with van der Waals surface area (Å²) in [5, 5.41) is 13.9. The van der Waals surface area contributed by atoms with E-state index in [1.165, 1.54) is 11.1 Å². The van der Waals surface area contributed by atoms with E-state index in [4.69, 9.17) is 24.1 Å². The second kappa shape index (κ2) is 10.5. The lowest BCUT2D eigenvalue weighted by atomic mass is 9.79. The van der Waals surface area contributed by atoms with Crippen molar-refractivity contribution in [3.8, 4) is 11.5 Å². The number of carboxylic acid groups (broad SMARTS) is 1. The van der Waals surface area contributed by atoms with Gasteiger partial charge in [-0.1, -0.05) is 0 Å². The summed E-state index contributed by atoms with van der Waals surface area (Å²) in [6, 6.07) is 5.93. The number of methoxy groups -OCH3 is 2. The number of hydrogen-bond donors (Lipinski definition) is 2. The lowest BCUT2D eigenvalue weighted by molar-refractivity contribution is -0.123. The van der Waals surface area contributed by atoms with Crippen LogP contribution >= 0.6 is 0 Å². The molecular formula is C22H30N4O6. The zero-order chi connectivity index (χ0) is 23.1. The summed E-state index contributed by atoms with van der Waals surface area (Å²) in [4.78, 5) is 22.9. The Morgan fingerprint density at radius 2 is 1.94 bits per heavy atom. The van der Waals surface area contributed by atoms with Gasteiger partial charge in [0, 0.05) is 32.4 Å². The molecule has 2 aromatic rings. The molecule has 1 saturated heterocycles. The number of ether oxygens (including phenoxy) is 3. The van der Waals surface area contributed by atoms with Crippen LogP contribution in [0.15, 0.2) is 24.4 Å². The first kappa shape index (κ1) is 23.6. The fourth-order valence-corrected chi connectivity index (χ4v) is 4.34. The zero-order valence-corrected chi connectivity index (χ0v) is 18.7. The summed E-state index contributed by atoms with van der Waals surface area (Å²) < 4.78 is 19.0. The smallest absolute Gasteiger partial charge is 0.290 e. The monoisotopic (exact) mass is 446 g/mol. The molecule has 1 spiro atoms. The fraction of sp³-hybridized carbons (Fsp3) is 0.500. The Kier molecular flexibility index (Phi) is 7.70. The van der Waals surface area contributed by atoms with E-state index in [1.54, 1.807) is 31.2 Å². The summed E-state index contributed by atoms with van der Waals surface area (Å²) in [7, 11) is 5.14. The fourth-order valence-electron chi connectivity index (χ4n) is 4.34. The number of benzene rings is 1. The number of rotatable bonds is 5. The summed E-state index contributed by atoms with van der Waals surface area (Å²) in [5.74, 6) is 2.02. The van der Waals surface area contributed by atoms with Gasteiger partial charge in [-0.3, -0.25) is 19.2 Å². The predicted octanol–water partition coefficient (Wildman–Crippen LogP) is 1.64. The third kappa shape index (κ3) is 5.20. The number of aromatic nitrogens is 2. The van der Waals surface area contributed by atoms with E-state index in [0.717, 1.165) is 43.9 Å². The number of anilines is 1. The van der Waals surface area contributed by atoms with Crippen molar-refractivity contribution in [1.29, 1.82) is 0 Å². The average molecular weight is 447 g/mol. The SMILES string of the molecule is COc1cc2c(cc1OC)C1(CCN(CC(=O)Nc3ccn(C)n3)CC1)OCC2.O=CO. The Hall–Kier alpha value is -3.11. The Balaban J connectivity index is 0.000000913. The van der Waals surface area contributed by atoms with Crippen LogP contribution in [0.25, 0.3) is 0 Å². The van der Waals surface area contributed by atoms with E-state index in [9.17, 15) is 4.79 Å². The molecular weight excluding hydrogens is 416 g/mol. The van der Waals surface area contributed by atoms with Crippen molar-refractivity contribution >= 4 is 18.2 Å². The maximum absolute atomic E-state index is 12.3. The molecule has 0 aliphatic carbocycles. The molecule has 1 fully saturated rings. The molecule has 0 saturated carbocycles. The number of nitrogens with one attached hydrogen (secondary N) is 1. The minimum atomic E-state index is -0.318.